The van der Waals surface area contributed by atoms with Gasteiger partial charge in [0.15, 0.2) is 0 Å². The lowest BCUT2D eigenvalue weighted by molar-refractivity contribution is 0.0994. The van der Waals surface area contributed by atoms with Crippen LogP contribution in [0.2, 0.25) is 0 Å². The van der Waals surface area contributed by atoms with Gasteiger partial charge in [-0.25, -0.2) is 4.39 Å². The van der Waals surface area contributed by atoms with E-state index in [-0.39, 0.29) is 11.9 Å². The Balaban J connectivity index is 1.91. The molecule has 3 nitrogen and oxygen atoms in total. The van der Waals surface area contributed by atoms with E-state index in [1.165, 1.54) is 18.7 Å². The van der Waals surface area contributed by atoms with Crippen molar-refractivity contribution in [1.82, 2.24) is 10.3 Å². The summed E-state index contributed by atoms with van der Waals surface area (Å²) in [6, 6.07) is 3.46. The first-order chi connectivity index (χ1) is 9.29. The Morgan fingerprint density at radius 2 is 2.42 bits per heavy atom. The van der Waals surface area contributed by atoms with Crippen LogP contribution in [-0.2, 0) is 4.74 Å². The zero-order valence-corrected chi connectivity index (χ0v) is 11.6. The first kappa shape index (κ1) is 14.4. The summed E-state index contributed by atoms with van der Waals surface area (Å²) in [5, 5.41) is 3.49. The maximum absolute atomic E-state index is 12.9. The Kier molecular flexibility index (Phi) is 5.73. The van der Waals surface area contributed by atoms with Gasteiger partial charge in [0.25, 0.3) is 0 Å². The lowest BCUT2D eigenvalue weighted by Crippen LogP contribution is -2.24. The fraction of sp³-hybridized carbons (Fsp3) is 0.667. The van der Waals surface area contributed by atoms with Gasteiger partial charge in [0.1, 0.15) is 5.82 Å². The molecule has 1 N–H and O–H groups in total. The van der Waals surface area contributed by atoms with Crippen LogP contribution in [0.3, 0.4) is 0 Å². The van der Waals surface area contributed by atoms with Crippen LogP contribution in [0, 0.1) is 5.82 Å². The van der Waals surface area contributed by atoms with Gasteiger partial charge < -0.3 is 10.1 Å². The molecule has 0 saturated carbocycles. The predicted molar refractivity (Wildman–Crippen MR) is 73.4 cm³/mol. The van der Waals surface area contributed by atoms with E-state index in [2.05, 4.69) is 17.2 Å². The third kappa shape index (κ3) is 4.55. The maximum Gasteiger partial charge on any atom is 0.141 e. The van der Waals surface area contributed by atoms with Gasteiger partial charge in [0.2, 0.25) is 0 Å². The van der Waals surface area contributed by atoms with Crippen molar-refractivity contribution in [3.05, 3.63) is 29.8 Å². The first-order valence-corrected chi connectivity index (χ1v) is 7.26. The van der Waals surface area contributed by atoms with Crippen LogP contribution in [0.5, 0.6) is 0 Å². The molecule has 2 heterocycles. The zero-order chi connectivity index (χ0) is 13.5. The smallest absolute Gasteiger partial charge is 0.141 e. The molecule has 1 aromatic heterocycles. The molecule has 1 aromatic rings. The molecule has 0 aromatic carbocycles. The number of hydrogen-bond acceptors (Lipinski definition) is 3. The fourth-order valence-electron chi connectivity index (χ4n) is 2.49. The molecular weight excluding hydrogens is 243 g/mol. The summed E-state index contributed by atoms with van der Waals surface area (Å²) in [4.78, 5) is 4.20. The van der Waals surface area contributed by atoms with E-state index in [1.807, 2.05) is 0 Å². The second-order valence-corrected chi connectivity index (χ2v) is 5.12. The minimum Gasteiger partial charge on any atom is -0.378 e. The van der Waals surface area contributed by atoms with Crippen LogP contribution in [0.1, 0.15) is 50.8 Å². The van der Waals surface area contributed by atoms with E-state index in [4.69, 9.17) is 4.74 Å². The minimum atomic E-state index is -0.280. The van der Waals surface area contributed by atoms with Crippen molar-refractivity contribution < 1.29 is 9.13 Å². The molecule has 4 heteroatoms. The molecule has 1 saturated heterocycles. The molecule has 19 heavy (non-hydrogen) atoms. The molecular formula is C15H23FN2O. The molecule has 1 fully saturated rings. The number of halogens is 1. The molecule has 2 rings (SSSR count). The van der Waals surface area contributed by atoms with Crippen LogP contribution in [0.15, 0.2) is 18.3 Å². The standard InChI is InChI=1S/C15H23FN2O/c1-2-9-17-14(8-6-13-4-3-10-19-13)15-7-5-12(16)11-18-15/h5,7,11,13-14,17H,2-4,6,8-10H2,1H3. The Labute approximate surface area is 114 Å². The average Bonchev–Trinajstić information content (AvgIpc) is 2.93. The van der Waals surface area contributed by atoms with Crippen molar-refractivity contribution in [3.63, 3.8) is 0 Å². The van der Waals surface area contributed by atoms with Gasteiger partial charge >= 0.3 is 0 Å². The van der Waals surface area contributed by atoms with Crippen molar-refractivity contribution in [2.75, 3.05) is 13.2 Å². The molecule has 2 atom stereocenters. The van der Waals surface area contributed by atoms with Crippen molar-refractivity contribution in [2.24, 2.45) is 0 Å². The van der Waals surface area contributed by atoms with Crippen molar-refractivity contribution in [2.45, 2.75) is 51.2 Å². The van der Waals surface area contributed by atoms with Crippen LogP contribution < -0.4 is 5.32 Å². The highest BCUT2D eigenvalue weighted by Crippen LogP contribution is 2.23. The van der Waals surface area contributed by atoms with Gasteiger partial charge in [-0.15, -0.1) is 0 Å². The molecule has 0 spiro atoms. The Morgan fingerprint density at radius 3 is 3.05 bits per heavy atom. The Hall–Kier alpha value is -1.00. The van der Waals surface area contributed by atoms with Gasteiger partial charge in [-0.1, -0.05) is 6.92 Å². The monoisotopic (exact) mass is 266 g/mol. The number of rotatable bonds is 7. The summed E-state index contributed by atoms with van der Waals surface area (Å²) in [6.45, 7) is 3.99. The molecule has 0 amide bonds. The van der Waals surface area contributed by atoms with Gasteiger partial charge in [-0.05, 0) is 50.8 Å². The normalized spacial score (nSPS) is 20.6. The average molecular weight is 266 g/mol. The summed E-state index contributed by atoms with van der Waals surface area (Å²) in [5.74, 6) is -0.280. The van der Waals surface area contributed by atoms with Gasteiger partial charge in [-0.2, -0.15) is 0 Å². The lowest BCUT2D eigenvalue weighted by atomic mass is 10.0. The molecule has 0 bridgehead atoms. The third-order valence-corrected chi connectivity index (χ3v) is 3.55. The van der Waals surface area contributed by atoms with E-state index in [0.29, 0.717) is 6.10 Å². The fourth-order valence-corrected chi connectivity index (χ4v) is 2.49. The molecule has 106 valence electrons. The number of ether oxygens (including phenoxy) is 1. The van der Waals surface area contributed by atoms with Gasteiger partial charge in [0, 0.05) is 12.6 Å². The minimum absolute atomic E-state index is 0.199. The second kappa shape index (κ2) is 7.56. The molecule has 2 unspecified atom stereocenters. The predicted octanol–water partition coefficient (Wildman–Crippen LogP) is 3.22. The lowest BCUT2D eigenvalue weighted by Gasteiger charge is -2.19. The van der Waals surface area contributed by atoms with Gasteiger partial charge in [0.05, 0.1) is 18.0 Å². The van der Waals surface area contributed by atoms with E-state index >= 15 is 0 Å². The summed E-state index contributed by atoms with van der Waals surface area (Å²) in [7, 11) is 0. The highest BCUT2D eigenvalue weighted by atomic mass is 19.1. The quantitative estimate of drug-likeness (QED) is 0.822. The number of nitrogens with zero attached hydrogens (tertiary/aromatic N) is 1. The van der Waals surface area contributed by atoms with Crippen LogP contribution in [0.4, 0.5) is 4.39 Å². The molecule has 1 aliphatic heterocycles. The van der Waals surface area contributed by atoms with E-state index in [1.54, 1.807) is 6.07 Å². The second-order valence-electron chi connectivity index (χ2n) is 5.12. The third-order valence-electron chi connectivity index (χ3n) is 3.55. The van der Waals surface area contributed by atoms with Gasteiger partial charge in [-0.3, -0.25) is 4.98 Å². The zero-order valence-electron chi connectivity index (χ0n) is 11.6. The van der Waals surface area contributed by atoms with Crippen LogP contribution in [0.25, 0.3) is 0 Å². The van der Waals surface area contributed by atoms with E-state index < -0.39 is 0 Å². The molecule has 1 aliphatic rings. The summed E-state index contributed by atoms with van der Waals surface area (Å²) in [6.07, 6.45) is 7.14. The van der Waals surface area contributed by atoms with Crippen molar-refractivity contribution in [1.29, 1.82) is 0 Å². The number of hydrogen-bond donors (Lipinski definition) is 1. The van der Waals surface area contributed by atoms with E-state index in [0.717, 1.165) is 44.5 Å². The topological polar surface area (TPSA) is 34.1 Å². The summed E-state index contributed by atoms with van der Waals surface area (Å²) >= 11 is 0. The maximum atomic E-state index is 12.9. The van der Waals surface area contributed by atoms with Crippen LogP contribution >= 0.6 is 0 Å². The van der Waals surface area contributed by atoms with Crippen LogP contribution in [-0.4, -0.2) is 24.2 Å². The van der Waals surface area contributed by atoms with Crippen molar-refractivity contribution in [3.8, 4) is 0 Å². The Bertz CT molecular complexity index is 363. The molecule has 0 aliphatic carbocycles. The summed E-state index contributed by atoms with van der Waals surface area (Å²) in [5.41, 5.74) is 0.924. The van der Waals surface area contributed by atoms with Crippen molar-refractivity contribution >= 4 is 0 Å². The number of aromatic nitrogens is 1. The molecule has 0 radical (unpaired) electrons. The van der Waals surface area contributed by atoms with E-state index in [9.17, 15) is 4.39 Å². The SMILES string of the molecule is CCCNC(CCC1CCCO1)c1ccc(F)cn1. The highest BCUT2D eigenvalue weighted by molar-refractivity contribution is 5.10. The number of pyridine rings is 1. The highest BCUT2D eigenvalue weighted by Gasteiger charge is 2.19. The first-order valence-electron chi connectivity index (χ1n) is 7.26. The largest absolute Gasteiger partial charge is 0.378 e. The Morgan fingerprint density at radius 1 is 1.53 bits per heavy atom. The summed E-state index contributed by atoms with van der Waals surface area (Å²) < 4.78 is 18.6. The number of nitrogens with one attached hydrogen (secondary N) is 1.